The van der Waals surface area contributed by atoms with Crippen LogP contribution in [0.5, 0.6) is 11.5 Å². The van der Waals surface area contributed by atoms with Gasteiger partial charge in [-0.05, 0) is 54.2 Å². The Balaban J connectivity index is 1.56. The molecule has 4 rings (SSSR count). The van der Waals surface area contributed by atoms with Gasteiger partial charge in [0, 0.05) is 18.8 Å². The maximum atomic E-state index is 13.0. The maximum absolute atomic E-state index is 13.0. The van der Waals surface area contributed by atoms with Gasteiger partial charge in [-0.3, -0.25) is 4.98 Å². The third-order valence-corrected chi connectivity index (χ3v) is 6.45. The van der Waals surface area contributed by atoms with Gasteiger partial charge in [-0.25, -0.2) is 14.6 Å². The van der Waals surface area contributed by atoms with Crippen molar-refractivity contribution in [1.82, 2.24) is 9.97 Å². The van der Waals surface area contributed by atoms with Crippen LogP contribution in [0.4, 0.5) is 8.78 Å². The molecular weight excluding hydrogens is 581 g/mol. The minimum atomic E-state index is -3.06. The molecule has 1 aliphatic carbocycles. The Hall–Kier alpha value is -3.21. The van der Waals surface area contributed by atoms with Crippen molar-refractivity contribution in [2.24, 2.45) is 5.92 Å². The number of benzene rings is 1. The minimum Gasteiger partial charge on any atom is -0.489 e. The maximum Gasteiger partial charge on any atom is 0.387 e. The third kappa shape index (κ3) is 8.39. The molecule has 13 heteroatoms. The van der Waals surface area contributed by atoms with Crippen LogP contribution in [0, 0.1) is 5.92 Å². The second kappa shape index (κ2) is 13.2. The summed E-state index contributed by atoms with van der Waals surface area (Å²) in [6.07, 6.45) is 3.69. The average Bonchev–Trinajstić information content (AvgIpc) is 3.72. The number of rotatable bonds is 12. The molecule has 39 heavy (non-hydrogen) atoms. The third-order valence-electron chi connectivity index (χ3n) is 5.59. The fourth-order valence-electron chi connectivity index (χ4n) is 3.48. The van der Waals surface area contributed by atoms with Gasteiger partial charge in [0.05, 0.1) is 16.7 Å². The summed E-state index contributed by atoms with van der Waals surface area (Å²) in [5.41, 5.74) is 0.719. The van der Waals surface area contributed by atoms with E-state index in [1.54, 1.807) is 0 Å². The lowest BCUT2D eigenvalue weighted by Crippen LogP contribution is -2.21. The number of nitrogens with zero attached hydrogens (tertiary/aromatic N) is 2. The zero-order valence-corrected chi connectivity index (χ0v) is 22.4. The molecule has 0 bridgehead atoms. The van der Waals surface area contributed by atoms with Crippen molar-refractivity contribution in [2.45, 2.75) is 32.0 Å². The monoisotopic (exact) mass is 600 g/mol. The lowest BCUT2D eigenvalue weighted by molar-refractivity contribution is -0.153. The molecule has 1 fully saturated rings. The predicted octanol–water partition coefficient (Wildman–Crippen LogP) is 6.51. The van der Waals surface area contributed by atoms with Crippen LogP contribution in [0.15, 0.2) is 48.8 Å². The Bertz CT molecular complexity index is 1320. The van der Waals surface area contributed by atoms with Gasteiger partial charge in [-0.2, -0.15) is 8.78 Å². The number of esters is 2. The number of halogens is 5. The molecule has 8 nitrogen and oxygen atoms in total. The molecule has 3 aromatic rings. The molecule has 1 saturated carbocycles. The quantitative estimate of drug-likeness (QED) is 0.171. The first-order chi connectivity index (χ1) is 18.7. The van der Waals surface area contributed by atoms with Crippen molar-refractivity contribution in [3.8, 4) is 11.5 Å². The standard InChI is InChI=1S/C26H21Cl3F2N2O6/c27-17-10-32-11-18(28)16(17)9-21(38-24(34)13-37-25(35)19-2-1-3-23(29)33-19)15-6-7-20(39-26(30)31)22(8-15)36-12-14-4-5-14/h1-3,6-8,10-11,14,21,26H,4-5,9,12-13H2. The number of carbonyl (C=O) groups excluding carboxylic acids is 2. The van der Waals surface area contributed by atoms with Gasteiger partial charge in [0.25, 0.3) is 0 Å². The number of pyridine rings is 2. The first kappa shape index (κ1) is 28.8. The van der Waals surface area contributed by atoms with E-state index in [0.717, 1.165) is 12.8 Å². The van der Waals surface area contributed by atoms with E-state index in [2.05, 4.69) is 14.7 Å². The van der Waals surface area contributed by atoms with Crippen LogP contribution in [0.2, 0.25) is 15.2 Å². The number of hydrogen-bond acceptors (Lipinski definition) is 8. The molecule has 0 saturated heterocycles. The summed E-state index contributed by atoms with van der Waals surface area (Å²) in [5.74, 6) is -1.55. The van der Waals surface area contributed by atoms with Gasteiger partial charge in [-0.1, -0.05) is 46.9 Å². The highest BCUT2D eigenvalue weighted by molar-refractivity contribution is 6.35. The Morgan fingerprint density at radius 1 is 1.03 bits per heavy atom. The predicted molar refractivity (Wildman–Crippen MR) is 138 cm³/mol. The van der Waals surface area contributed by atoms with Crippen molar-refractivity contribution in [3.63, 3.8) is 0 Å². The molecule has 2 heterocycles. The zero-order chi connectivity index (χ0) is 27.9. The van der Waals surface area contributed by atoms with E-state index in [1.807, 2.05) is 0 Å². The number of hydrogen-bond donors (Lipinski definition) is 0. The molecule has 1 unspecified atom stereocenters. The Morgan fingerprint density at radius 3 is 2.44 bits per heavy atom. The second-order valence-corrected chi connectivity index (χ2v) is 9.73. The van der Waals surface area contributed by atoms with Gasteiger partial charge >= 0.3 is 18.6 Å². The lowest BCUT2D eigenvalue weighted by atomic mass is 10.0. The fraction of sp³-hybridized carbons (Fsp3) is 0.308. The molecule has 2 aromatic heterocycles. The van der Waals surface area contributed by atoms with E-state index >= 15 is 0 Å². The van der Waals surface area contributed by atoms with E-state index in [0.29, 0.717) is 23.7 Å². The first-order valence-electron chi connectivity index (χ1n) is 11.7. The zero-order valence-electron chi connectivity index (χ0n) is 20.1. The Labute approximate surface area is 237 Å². The van der Waals surface area contributed by atoms with Gasteiger partial charge in [0.15, 0.2) is 18.1 Å². The van der Waals surface area contributed by atoms with Gasteiger partial charge in [-0.15, -0.1) is 0 Å². The molecule has 1 atom stereocenters. The fourth-order valence-corrected chi connectivity index (χ4v) is 4.17. The van der Waals surface area contributed by atoms with Crippen LogP contribution in [-0.2, 0) is 20.7 Å². The van der Waals surface area contributed by atoms with Crippen LogP contribution >= 0.6 is 34.8 Å². The number of ether oxygens (including phenoxy) is 4. The molecule has 0 N–H and O–H groups in total. The normalized spacial score (nSPS) is 13.6. The second-order valence-electron chi connectivity index (χ2n) is 8.53. The summed E-state index contributed by atoms with van der Waals surface area (Å²) >= 11 is 18.4. The lowest BCUT2D eigenvalue weighted by Gasteiger charge is -2.21. The highest BCUT2D eigenvalue weighted by atomic mass is 35.5. The van der Waals surface area contributed by atoms with E-state index < -0.39 is 31.3 Å². The van der Waals surface area contributed by atoms with Crippen molar-refractivity contribution < 1.29 is 37.3 Å². The topological polar surface area (TPSA) is 96.8 Å². The average molecular weight is 602 g/mol. The van der Waals surface area contributed by atoms with Crippen molar-refractivity contribution in [2.75, 3.05) is 13.2 Å². The summed E-state index contributed by atoms with van der Waals surface area (Å²) in [5, 5.41) is 0.534. The smallest absolute Gasteiger partial charge is 0.387 e. The molecular formula is C26H21Cl3F2N2O6. The Morgan fingerprint density at radius 2 is 1.77 bits per heavy atom. The van der Waals surface area contributed by atoms with Crippen molar-refractivity contribution in [3.05, 3.63) is 80.8 Å². The number of carbonyl (C=O) groups is 2. The number of alkyl halides is 2. The summed E-state index contributed by atoms with van der Waals surface area (Å²) < 4.78 is 46.9. The first-order valence-corrected chi connectivity index (χ1v) is 12.8. The summed E-state index contributed by atoms with van der Waals surface area (Å²) in [6, 6.07) is 8.56. The largest absolute Gasteiger partial charge is 0.489 e. The highest BCUT2D eigenvalue weighted by Crippen LogP contribution is 2.37. The van der Waals surface area contributed by atoms with Gasteiger partial charge in [0.1, 0.15) is 17.0 Å². The SMILES string of the molecule is O=C(COC(=O)c1cccc(Cl)n1)OC(Cc1c(Cl)cncc1Cl)c1ccc(OC(F)F)c(OCC2CC2)c1. The number of aromatic nitrogens is 2. The van der Waals surface area contributed by atoms with Crippen LogP contribution < -0.4 is 9.47 Å². The van der Waals surface area contributed by atoms with Crippen molar-refractivity contribution in [1.29, 1.82) is 0 Å². The van der Waals surface area contributed by atoms with E-state index in [-0.39, 0.29) is 38.8 Å². The highest BCUT2D eigenvalue weighted by Gasteiger charge is 2.26. The van der Waals surface area contributed by atoms with Crippen LogP contribution in [0.3, 0.4) is 0 Å². The van der Waals surface area contributed by atoms with Gasteiger partial charge in [0.2, 0.25) is 0 Å². The molecule has 206 valence electrons. The summed E-state index contributed by atoms with van der Waals surface area (Å²) in [7, 11) is 0. The van der Waals surface area contributed by atoms with Crippen LogP contribution in [-0.4, -0.2) is 41.7 Å². The summed E-state index contributed by atoms with van der Waals surface area (Å²) in [6.45, 7) is -3.48. The molecule has 0 amide bonds. The van der Waals surface area contributed by atoms with E-state index in [4.69, 9.17) is 49.0 Å². The molecule has 1 aromatic carbocycles. The molecule has 0 radical (unpaired) electrons. The Kier molecular flexibility index (Phi) is 9.77. The molecule has 0 aliphatic heterocycles. The van der Waals surface area contributed by atoms with E-state index in [9.17, 15) is 18.4 Å². The molecule has 1 aliphatic rings. The van der Waals surface area contributed by atoms with E-state index in [1.165, 1.54) is 48.8 Å². The summed E-state index contributed by atoms with van der Waals surface area (Å²) in [4.78, 5) is 32.7. The molecule has 0 spiro atoms. The van der Waals surface area contributed by atoms with Crippen molar-refractivity contribution >= 4 is 46.7 Å². The van der Waals surface area contributed by atoms with Gasteiger partial charge < -0.3 is 18.9 Å². The van der Waals surface area contributed by atoms with Crippen LogP contribution in [0.25, 0.3) is 0 Å². The van der Waals surface area contributed by atoms with Crippen LogP contribution in [0.1, 0.15) is 40.6 Å². The minimum absolute atomic E-state index is 0.00711.